The maximum absolute atomic E-state index is 15.3. The molecule has 1 atom stereocenters. The Balaban J connectivity index is 1.28. The highest BCUT2D eigenvalue weighted by Gasteiger charge is 2.39. The molecule has 3 aromatic rings. The van der Waals surface area contributed by atoms with E-state index >= 15 is 4.39 Å². The van der Waals surface area contributed by atoms with Gasteiger partial charge >= 0.3 is 6.18 Å². The minimum atomic E-state index is -4.80. The lowest BCUT2D eigenvalue weighted by Crippen LogP contribution is -2.54. The maximum atomic E-state index is 15.3. The molecule has 2 aliphatic rings. The van der Waals surface area contributed by atoms with Crippen molar-refractivity contribution in [2.45, 2.75) is 44.8 Å². The number of benzene rings is 1. The van der Waals surface area contributed by atoms with E-state index in [9.17, 15) is 27.9 Å². The summed E-state index contributed by atoms with van der Waals surface area (Å²) in [5.41, 5.74) is 4.51. The van der Waals surface area contributed by atoms with Crippen molar-refractivity contribution in [1.29, 1.82) is 5.26 Å². The van der Waals surface area contributed by atoms with E-state index in [1.54, 1.807) is 17.9 Å². The molecule has 2 fully saturated rings. The van der Waals surface area contributed by atoms with Gasteiger partial charge in [0.15, 0.2) is 17.7 Å². The normalized spacial score (nSPS) is 19.3. The van der Waals surface area contributed by atoms with Crippen molar-refractivity contribution >= 4 is 17.5 Å². The van der Waals surface area contributed by atoms with Crippen molar-refractivity contribution in [3.63, 3.8) is 0 Å². The minimum absolute atomic E-state index is 0.0151. The van der Waals surface area contributed by atoms with E-state index in [0.29, 0.717) is 31.5 Å². The van der Waals surface area contributed by atoms with Gasteiger partial charge in [-0.05, 0) is 37.5 Å². The van der Waals surface area contributed by atoms with Gasteiger partial charge in [0.1, 0.15) is 12.4 Å². The molecule has 5 rings (SSSR count). The van der Waals surface area contributed by atoms with Crippen LogP contribution < -0.4 is 11.1 Å². The number of carbonyl (C=O) groups excluding carboxylic acids is 2. The number of aliphatic hydroxyl groups is 1. The standard InChI is InChI=1S/C28H31F4N9O3/c1-15-9-18(12-20(29)22(15)27(44)40-7-5-39(6-8-40)26(43)16-10-17(34)11-16)36-25(42)24-35-13-21(38(24)2)19-14-41(4-3-33)37-23(19)28(30,31)32/h9,12-14,16-17,25,36,42H,4-8,10-11,34H2,1-2H3. The van der Waals surface area contributed by atoms with Crippen molar-refractivity contribution in [1.82, 2.24) is 29.1 Å². The summed E-state index contributed by atoms with van der Waals surface area (Å²) in [5.74, 6) is -1.46. The fourth-order valence-electron chi connectivity index (χ4n) is 5.63. The number of hydrogen-bond acceptors (Lipinski definition) is 8. The van der Waals surface area contributed by atoms with Gasteiger partial charge in [-0.1, -0.05) is 0 Å². The summed E-state index contributed by atoms with van der Waals surface area (Å²) in [4.78, 5) is 33.1. The molecule has 0 bridgehead atoms. The van der Waals surface area contributed by atoms with Gasteiger partial charge in [-0.2, -0.15) is 23.5 Å². The Labute approximate surface area is 249 Å². The van der Waals surface area contributed by atoms with Crippen LogP contribution in [0.15, 0.2) is 24.5 Å². The summed E-state index contributed by atoms with van der Waals surface area (Å²) in [7, 11) is 1.40. The SMILES string of the molecule is Cc1cc(NC(O)c2ncc(-c3cn(CC#N)nc3C(F)(F)F)n2C)cc(F)c1C(=O)N1CCN(C(=O)C2CC(N)C2)CC1. The molecule has 1 unspecified atom stereocenters. The first-order valence-corrected chi connectivity index (χ1v) is 13.9. The number of halogens is 4. The highest BCUT2D eigenvalue weighted by Crippen LogP contribution is 2.37. The molecule has 4 N–H and O–H groups in total. The lowest BCUT2D eigenvalue weighted by atomic mass is 9.80. The topological polar surface area (TPSA) is 158 Å². The Kier molecular flexibility index (Phi) is 8.36. The largest absolute Gasteiger partial charge is 0.435 e. The van der Waals surface area contributed by atoms with Crippen molar-refractivity contribution < 1.29 is 32.3 Å². The van der Waals surface area contributed by atoms with Crippen LogP contribution in [-0.4, -0.2) is 78.3 Å². The first-order chi connectivity index (χ1) is 20.8. The van der Waals surface area contributed by atoms with Gasteiger partial charge in [-0.25, -0.2) is 9.37 Å². The Morgan fingerprint density at radius 2 is 1.86 bits per heavy atom. The molecule has 16 heteroatoms. The van der Waals surface area contributed by atoms with Crippen LogP contribution in [0.3, 0.4) is 0 Å². The average Bonchev–Trinajstić information content (AvgIpc) is 3.54. The van der Waals surface area contributed by atoms with Crippen LogP contribution >= 0.6 is 0 Å². The lowest BCUT2D eigenvalue weighted by Gasteiger charge is -2.40. The molecule has 1 saturated carbocycles. The van der Waals surface area contributed by atoms with Gasteiger partial charge in [-0.3, -0.25) is 14.3 Å². The number of hydrogen-bond donors (Lipinski definition) is 3. The third kappa shape index (κ3) is 5.97. The van der Waals surface area contributed by atoms with Gasteiger partial charge in [0.2, 0.25) is 5.91 Å². The first kappa shape index (κ1) is 31.0. The molecule has 1 aliphatic heterocycles. The van der Waals surface area contributed by atoms with Crippen LogP contribution in [-0.2, 0) is 24.6 Å². The van der Waals surface area contributed by atoms with Gasteiger partial charge in [0, 0.05) is 57.1 Å². The zero-order chi connectivity index (χ0) is 31.9. The third-order valence-electron chi connectivity index (χ3n) is 8.01. The Bertz CT molecular complexity index is 1590. The fraction of sp³-hybridized carbons (Fsp3) is 0.464. The van der Waals surface area contributed by atoms with Crippen LogP contribution in [0.4, 0.5) is 23.2 Å². The van der Waals surface area contributed by atoms with E-state index in [0.717, 1.165) is 23.1 Å². The van der Waals surface area contributed by atoms with Crippen LogP contribution in [0.2, 0.25) is 0 Å². The smallest absolute Gasteiger partial charge is 0.367 e. The molecule has 12 nitrogen and oxygen atoms in total. The zero-order valence-electron chi connectivity index (χ0n) is 24.0. The maximum Gasteiger partial charge on any atom is 0.435 e. The van der Waals surface area contributed by atoms with Gasteiger partial charge in [-0.15, -0.1) is 0 Å². The first-order valence-electron chi connectivity index (χ1n) is 13.9. The number of nitrogens with one attached hydrogen (secondary N) is 1. The minimum Gasteiger partial charge on any atom is -0.367 e. The van der Waals surface area contributed by atoms with Crippen molar-refractivity contribution in [3.8, 4) is 17.3 Å². The second kappa shape index (κ2) is 11.9. The van der Waals surface area contributed by atoms with Crippen molar-refractivity contribution in [2.24, 2.45) is 18.7 Å². The zero-order valence-corrected chi connectivity index (χ0v) is 24.0. The predicted octanol–water partition coefficient (Wildman–Crippen LogP) is 2.40. The number of nitrogens with two attached hydrogens (primary N) is 1. The number of nitrogens with zero attached hydrogens (tertiary/aromatic N) is 7. The molecule has 1 aliphatic carbocycles. The summed E-state index contributed by atoms with van der Waals surface area (Å²) in [6.45, 7) is 2.36. The second-order valence-electron chi connectivity index (χ2n) is 11.0. The molecular formula is C28H31F4N9O3. The number of rotatable bonds is 7. The molecule has 1 saturated heterocycles. The highest BCUT2D eigenvalue weighted by molar-refractivity contribution is 5.96. The number of amides is 2. The Morgan fingerprint density at radius 1 is 1.20 bits per heavy atom. The number of aryl methyl sites for hydroxylation is 1. The van der Waals surface area contributed by atoms with Crippen molar-refractivity contribution in [3.05, 3.63) is 53.0 Å². The summed E-state index contributed by atoms with van der Waals surface area (Å²) >= 11 is 0. The second-order valence-corrected chi connectivity index (χ2v) is 11.0. The van der Waals surface area contributed by atoms with Gasteiger partial charge in [0.05, 0.1) is 29.1 Å². The molecule has 0 radical (unpaired) electrons. The lowest BCUT2D eigenvalue weighted by molar-refractivity contribution is -0.141. The van der Waals surface area contributed by atoms with E-state index in [1.807, 2.05) is 0 Å². The number of alkyl halides is 3. The van der Waals surface area contributed by atoms with E-state index < -0.39 is 36.4 Å². The number of nitriles is 1. The van der Waals surface area contributed by atoms with E-state index in [-0.39, 0.29) is 59.3 Å². The Morgan fingerprint density at radius 3 is 2.45 bits per heavy atom. The predicted molar refractivity (Wildman–Crippen MR) is 148 cm³/mol. The fourth-order valence-corrected chi connectivity index (χ4v) is 5.63. The average molecular weight is 618 g/mol. The van der Waals surface area contributed by atoms with Crippen LogP contribution in [0.1, 0.15) is 46.5 Å². The molecule has 2 aromatic heterocycles. The summed E-state index contributed by atoms with van der Waals surface area (Å²) < 4.78 is 58.3. The number of anilines is 1. The molecule has 234 valence electrons. The molecular weight excluding hydrogens is 586 g/mol. The quantitative estimate of drug-likeness (QED) is 0.269. The third-order valence-corrected chi connectivity index (χ3v) is 8.01. The van der Waals surface area contributed by atoms with Gasteiger partial charge < -0.3 is 30.5 Å². The number of aliphatic hydroxyl groups excluding tert-OH is 1. The molecule has 0 spiro atoms. The molecule has 44 heavy (non-hydrogen) atoms. The van der Waals surface area contributed by atoms with Crippen LogP contribution in [0, 0.1) is 30.0 Å². The number of carbonyl (C=O) groups is 2. The number of piperazine rings is 1. The van der Waals surface area contributed by atoms with E-state index in [4.69, 9.17) is 11.0 Å². The summed E-state index contributed by atoms with van der Waals surface area (Å²) in [6, 6.07) is 4.30. The Hall–Kier alpha value is -4.49. The molecule has 1 aromatic carbocycles. The van der Waals surface area contributed by atoms with E-state index in [2.05, 4.69) is 15.4 Å². The molecule has 3 heterocycles. The molecule has 2 amide bonds. The summed E-state index contributed by atoms with van der Waals surface area (Å²) in [6.07, 6.45) is -2.84. The number of imidazole rings is 1. The monoisotopic (exact) mass is 617 g/mol. The van der Waals surface area contributed by atoms with Gasteiger partial charge in [0.25, 0.3) is 5.91 Å². The number of aromatic nitrogens is 4. The highest BCUT2D eigenvalue weighted by atomic mass is 19.4. The summed E-state index contributed by atoms with van der Waals surface area (Å²) in [5, 5.41) is 25.8. The van der Waals surface area contributed by atoms with Crippen LogP contribution in [0.5, 0.6) is 0 Å². The van der Waals surface area contributed by atoms with Crippen molar-refractivity contribution in [2.75, 3.05) is 31.5 Å². The van der Waals surface area contributed by atoms with Crippen LogP contribution in [0.25, 0.3) is 11.3 Å². The van der Waals surface area contributed by atoms with E-state index in [1.165, 1.54) is 22.6 Å².